The summed E-state index contributed by atoms with van der Waals surface area (Å²) in [4.78, 5) is 41.0. The highest BCUT2D eigenvalue weighted by atomic mass is 16.6. The molecule has 2 unspecified atom stereocenters. The zero-order valence-electron chi connectivity index (χ0n) is 22.2. The van der Waals surface area contributed by atoms with Crippen molar-refractivity contribution in [1.82, 2.24) is 15.5 Å². The van der Waals surface area contributed by atoms with Crippen molar-refractivity contribution >= 4 is 17.9 Å². The molecule has 0 spiro atoms. The fourth-order valence-corrected chi connectivity index (χ4v) is 3.72. The number of nitrogens with one attached hydrogen (secondary N) is 2. The van der Waals surface area contributed by atoms with Crippen molar-refractivity contribution in [3.63, 3.8) is 0 Å². The molecule has 0 aliphatic heterocycles. The maximum absolute atomic E-state index is 13.6. The molecule has 34 heavy (non-hydrogen) atoms. The molecule has 0 heterocycles. The van der Waals surface area contributed by atoms with Crippen molar-refractivity contribution in [1.29, 1.82) is 0 Å². The van der Waals surface area contributed by atoms with Crippen molar-refractivity contribution in [3.05, 3.63) is 35.4 Å². The molecule has 1 aromatic carbocycles. The van der Waals surface area contributed by atoms with Crippen LogP contribution in [-0.2, 0) is 14.3 Å². The molecule has 192 valence electrons. The van der Waals surface area contributed by atoms with E-state index in [9.17, 15) is 14.4 Å². The van der Waals surface area contributed by atoms with Gasteiger partial charge >= 0.3 is 6.09 Å². The second-order valence-corrected chi connectivity index (χ2v) is 9.86. The Morgan fingerprint density at radius 3 is 2.21 bits per heavy atom. The first-order valence-electron chi connectivity index (χ1n) is 12.6. The summed E-state index contributed by atoms with van der Waals surface area (Å²) in [6.45, 7) is 14.1. The first-order chi connectivity index (χ1) is 16.0. The quantitative estimate of drug-likeness (QED) is 0.380. The Kier molecular flexibility index (Phi) is 12.7. The molecular weight excluding hydrogens is 430 g/mol. The molecule has 1 aromatic rings. The Labute approximate surface area is 206 Å². The van der Waals surface area contributed by atoms with Crippen molar-refractivity contribution in [2.75, 3.05) is 13.1 Å². The Morgan fingerprint density at radius 2 is 1.62 bits per heavy atom. The normalized spacial score (nSPS) is 13.0. The van der Waals surface area contributed by atoms with Crippen LogP contribution in [0.2, 0.25) is 0 Å². The monoisotopic (exact) mass is 475 g/mol. The van der Waals surface area contributed by atoms with E-state index in [-0.39, 0.29) is 11.8 Å². The largest absolute Gasteiger partial charge is 0.444 e. The first-order valence-corrected chi connectivity index (χ1v) is 12.6. The van der Waals surface area contributed by atoms with Crippen LogP contribution in [0.3, 0.4) is 0 Å². The highest BCUT2D eigenvalue weighted by Gasteiger charge is 2.35. The maximum atomic E-state index is 13.6. The van der Waals surface area contributed by atoms with Crippen LogP contribution in [0.25, 0.3) is 0 Å². The summed E-state index contributed by atoms with van der Waals surface area (Å²) in [7, 11) is 0. The standard InChI is InChI=1S/C27H45N3O4/c1-8-10-14-18-28-24(31)23(22-17-13-12-16-20(22)3)30(19-15-11-9-2)25(32)21(4)29-26(33)34-27(5,6)7/h12-13,16-17,21,23H,8-11,14-15,18-19H2,1-7H3,(H,28,31)(H,29,33). The molecular formula is C27H45N3O4. The number of unbranched alkanes of at least 4 members (excludes halogenated alkanes) is 4. The molecule has 3 amide bonds. The third kappa shape index (κ3) is 10.1. The van der Waals surface area contributed by atoms with E-state index in [0.717, 1.165) is 49.7 Å². The van der Waals surface area contributed by atoms with E-state index in [0.29, 0.717) is 13.1 Å². The molecule has 0 radical (unpaired) electrons. The lowest BCUT2D eigenvalue weighted by molar-refractivity contribution is -0.142. The Balaban J connectivity index is 3.24. The maximum Gasteiger partial charge on any atom is 0.408 e. The summed E-state index contributed by atoms with van der Waals surface area (Å²) >= 11 is 0. The van der Waals surface area contributed by atoms with Crippen LogP contribution in [0.1, 0.15) is 97.2 Å². The van der Waals surface area contributed by atoms with Crippen LogP contribution in [0.15, 0.2) is 24.3 Å². The summed E-state index contributed by atoms with van der Waals surface area (Å²) in [6.07, 6.45) is 5.04. The van der Waals surface area contributed by atoms with Crippen LogP contribution < -0.4 is 10.6 Å². The minimum Gasteiger partial charge on any atom is -0.444 e. The SMILES string of the molecule is CCCCCNC(=O)C(c1ccccc1C)N(CCCCC)C(=O)C(C)NC(=O)OC(C)(C)C. The number of hydrogen-bond donors (Lipinski definition) is 2. The fraction of sp³-hybridized carbons (Fsp3) is 0.667. The molecule has 2 atom stereocenters. The van der Waals surface area contributed by atoms with Gasteiger partial charge in [0.25, 0.3) is 0 Å². The molecule has 0 aliphatic carbocycles. The van der Waals surface area contributed by atoms with Crippen LogP contribution in [0.5, 0.6) is 0 Å². The van der Waals surface area contributed by atoms with Gasteiger partial charge < -0.3 is 20.3 Å². The second kappa shape index (κ2) is 14.6. The van der Waals surface area contributed by atoms with Gasteiger partial charge in [-0.3, -0.25) is 9.59 Å². The summed E-state index contributed by atoms with van der Waals surface area (Å²) in [5.41, 5.74) is 1.07. The molecule has 0 saturated heterocycles. The average Bonchev–Trinajstić information content (AvgIpc) is 2.75. The van der Waals surface area contributed by atoms with Gasteiger partial charge in [-0.05, 0) is 58.6 Å². The molecule has 2 N–H and O–H groups in total. The van der Waals surface area contributed by atoms with Crippen LogP contribution in [0, 0.1) is 6.92 Å². The lowest BCUT2D eigenvalue weighted by atomic mass is 9.97. The Bertz CT molecular complexity index is 788. The Hall–Kier alpha value is -2.57. The van der Waals surface area contributed by atoms with Gasteiger partial charge in [-0.2, -0.15) is 0 Å². The van der Waals surface area contributed by atoms with Gasteiger partial charge in [0.2, 0.25) is 11.8 Å². The number of benzene rings is 1. The van der Waals surface area contributed by atoms with E-state index in [1.807, 2.05) is 31.2 Å². The second-order valence-electron chi connectivity index (χ2n) is 9.86. The zero-order valence-corrected chi connectivity index (χ0v) is 22.2. The van der Waals surface area contributed by atoms with E-state index >= 15 is 0 Å². The van der Waals surface area contributed by atoms with Gasteiger partial charge in [0.05, 0.1) is 0 Å². The molecule has 0 bridgehead atoms. The smallest absolute Gasteiger partial charge is 0.408 e. The molecule has 7 heteroatoms. The fourth-order valence-electron chi connectivity index (χ4n) is 3.72. The number of rotatable bonds is 13. The third-order valence-electron chi connectivity index (χ3n) is 5.51. The predicted molar refractivity (Wildman–Crippen MR) is 137 cm³/mol. The number of alkyl carbamates (subject to hydrolysis) is 1. The lowest BCUT2D eigenvalue weighted by Gasteiger charge is -2.34. The van der Waals surface area contributed by atoms with E-state index in [1.165, 1.54) is 0 Å². The van der Waals surface area contributed by atoms with Crippen molar-refractivity contribution in [3.8, 4) is 0 Å². The van der Waals surface area contributed by atoms with Gasteiger partial charge in [-0.25, -0.2) is 4.79 Å². The van der Waals surface area contributed by atoms with Gasteiger partial charge in [-0.1, -0.05) is 63.8 Å². The molecule has 0 aromatic heterocycles. The van der Waals surface area contributed by atoms with E-state index in [4.69, 9.17) is 4.74 Å². The number of carbonyl (C=O) groups excluding carboxylic acids is 3. The van der Waals surface area contributed by atoms with Gasteiger partial charge in [0, 0.05) is 13.1 Å². The van der Waals surface area contributed by atoms with Crippen molar-refractivity contribution in [2.45, 2.75) is 105 Å². The number of nitrogens with zero attached hydrogens (tertiary/aromatic N) is 1. The molecule has 0 saturated carbocycles. The van der Waals surface area contributed by atoms with Gasteiger partial charge in [-0.15, -0.1) is 0 Å². The molecule has 1 rings (SSSR count). The predicted octanol–water partition coefficient (Wildman–Crippen LogP) is 5.27. The van der Waals surface area contributed by atoms with Crippen LogP contribution >= 0.6 is 0 Å². The molecule has 7 nitrogen and oxygen atoms in total. The number of ether oxygens (including phenoxy) is 1. The lowest BCUT2D eigenvalue weighted by Crippen LogP contribution is -2.52. The van der Waals surface area contributed by atoms with E-state index in [1.54, 1.807) is 32.6 Å². The number of aryl methyl sites for hydroxylation is 1. The van der Waals surface area contributed by atoms with Crippen molar-refractivity contribution < 1.29 is 19.1 Å². The minimum atomic E-state index is -0.837. The summed E-state index contributed by atoms with van der Waals surface area (Å²) in [5, 5.41) is 5.68. The number of carbonyl (C=O) groups is 3. The van der Waals surface area contributed by atoms with Crippen LogP contribution in [-0.4, -0.2) is 47.5 Å². The molecule has 0 aliphatic rings. The topological polar surface area (TPSA) is 87.7 Å². The van der Waals surface area contributed by atoms with Gasteiger partial charge in [0.1, 0.15) is 17.7 Å². The highest BCUT2D eigenvalue weighted by Crippen LogP contribution is 2.26. The highest BCUT2D eigenvalue weighted by molar-refractivity contribution is 5.92. The number of hydrogen-bond acceptors (Lipinski definition) is 4. The summed E-state index contributed by atoms with van der Waals surface area (Å²) in [5.74, 6) is -0.501. The van der Waals surface area contributed by atoms with Crippen LogP contribution in [0.4, 0.5) is 4.79 Å². The summed E-state index contributed by atoms with van der Waals surface area (Å²) in [6, 6.07) is 6.05. The zero-order chi connectivity index (χ0) is 25.7. The molecule has 0 fully saturated rings. The van der Waals surface area contributed by atoms with E-state index in [2.05, 4.69) is 24.5 Å². The Morgan fingerprint density at radius 1 is 1.00 bits per heavy atom. The third-order valence-corrected chi connectivity index (χ3v) is 5.51. The average molecular weight is 476 g/mol. The first kappa shape index (κ1) is 29.5. The van der Waals surface area contributed by atoms with Gasteiger partial charge in [0.15, 0.2) is 0 Å². The number of amides is 3. The van der Waals surface area contributed by atoms with Crippen molar-refractivity contribution in [2.24, 2.45) is 0 Å². The summed E-state index contributed by atoms with van der Waals surface area (Å²) < 4.78 is 5.32. The van der Waals surface area contributed by atoms with E-state index < -0.39 is 23.8 Å². The minimum absolute atomic E-state index is 0.195.